The van der Waals surface area contributed by atoms with Crippen LogP contribution in [0, 0.1) is 0 Å². The summed E-state index contributed by atoms with van der Waals surface area (Å²) in [6.07, 6.45) is 4.13. The molecule has 0 saturated heterocycles. The lowest BCUT2D eigenvalue weighted by atomic mass is 10.2. The number of hydrogen-bond acceptors (Lipinski definition) is 5. The molecule has 6 nitrogen and oxygen atoms in total. The molecule has 0 aliphatic rings. The van der Waals surface area contributed by atoms with Crippen molar-refractivity contribution < 1.29 is 4.79 Å². The molecule has 4 N–H and O–H groups in total. The minimum absolute atomic E-state index is 0.138. The molecule has 0 bridgehead atoms. The number of H-pyrrole nitrogens is 1. The van der Waals surface area contributed by atoms with Crippen molar-refractivity contribution in [3.8, 4) is 0 Å². The number of nitrogen functional groups attached to an aromatic ring is 1. The number of nitrogens with two attached hydrogens (primary N) is 1. The van der Waals surface area contributed by atoms with Crippen molar-refractivity contribution in [1.82, 2.24) is 20.3 Å². The molecule has 0 radical (unpaired) electrons. The number of imidazole rings is 1. The number of nitrogens with one attached hydrogen (secondary N) is 2. The summed E-state index contributed by atoms with van der Waals surface area (Å²) in [5.74, 6) is 0.505. The second kappa shape index (κ2) is 4.96. The molecule has 0 aromatic carbocycles. The Morgan fingerprint density at radius 3 is 3.06 bits per heavy atom. The highest BCUT2D eigenvalue weighted by Crippen LogP contribution is 2.15. The van der Waals surface area contributed by atoms with Crippen LogP contribution in [0.3, 0.4) is 0 Å². The van der Waals surface area contributed by atoms with Crippen LogP contribution in [0.25, 0.3) is 0 Å². The first kappa shape index (κ1) is 11.6. The summed E-state index contributed by atoms with van der Waals surface area (Å²) in [7, 11) is 0. The highest BCUT2D eigenvalue weighted by atomic mass is 32.1. The predicted molar refractivity (Wildman–Crippen MR) is 65.6 cm³/mol. The predicted octanol–water partition coefficient (Wildman–Crippen LogP) is 1.33. The van der Waals surface area contributed by atoms with Crippen molar-refractivity contribution >= 4 is 22.4 Å². The SMILES string of the molecule is CCC(NC(=O)c1csc(N)n1)c1ncc[nH]1. The molecule has 7 heteroatoms. The van der Waals surface area contributed by atoms with Crippen molar-refractivity contribution in [2.24, 2.45) is 0 Å². The summed E-state index contributed by atoms with van der Waals surface area (Å²) in [4.78, 5) is 22.9. The average molecular weight is 251 g/mol. The number of anilines is 1. The zero-order valence-electron chi connectivity index (χ0n) is 9.30. The summed E-state index contributed by atoms with van der Waals surface area (Å²) in [6.45, 7) is 1.98. The van der Waals surface area contributed by atoms with E-state index in [9.17, 15) is 4.79 Å². The van der Waals surface area contributed by atoms with Crippen LogP contribution in [-0.2, 0) is 0 Å². The Hall–Kier alpha value is -1.89. The molecule has 1 amide bonds. The smallest absolute Gasteiger partial charge is 0.271 e. The van der Waals surface area contributed by atoms with Crippen LogP contribution < -0.4 is 11.1 Å². The van der Waals surface area contributed by atoms with E-state index >= 15 is 0 Å². The molecule has 2 heterocycles. The quantitative estimate of drug-likeness (QED) is 0.763. The number of aromatic amines is 1. The molecule has 1 atom stereocenters. The van der Waals surface area contributed by atoms with Gasteiger partial charge in [-0.05, 0) is 6.42 Å². The molecular formula is C10H13N5OS. The maximum Gasteiger partial charge on any atom is 0.271 e. The average Bonchev–Trinajstić information content (AvgIpc) is 2.96. The third kappa shape index (κ3) is 2.62. The fraction of sp³-hybridized carbons (Fsp3) is 0.300. The van der Waals surface area contributed by atoms with Gasteiger partial charge in [0.1, 0.15) is 11.5 Å². The number of thiazole rings is 1. The number of rotatable bonds is 4. The van der Waals surface area contributed by atoms with E-state index in [1.54, 1.807) is 17.8 Å². The van der Waals surface area contributed by atoms with Gasteiger partial charge in [-0.2, -0.15) is 0 Å². The lowest BCUT2D eigenvalue weighted by Crippen LogP contribution is -2.29. The first-order valence-electron chi connectivity index (χ1n) is 5.22. The Balaban J connectivity index is 2.07. The summed E-state index contributed by atoms with van der Waals surface area (Å²) < 4.78 is 0. The first-order valence-corrected chi connectivity index (χ1v) is 6.09. The van der Waals surface area contributed by atoms with E-state index in [0.29, 0.717) is 10.8 Å². The maximum absolute atomic E-state index is 11.9. The summed E-state index contributed by atoms with van der Waals surface area (Å²) >= 11 is 1.25. The van der Waals surface area contributed by atoms with E-state index in [4.69, 9.17) is 5.73 Å². The zero-order valence-corrected chi connectivity index (χ0v) is 10.1. The standard InChI is InChI=1S/C10H13N5OS/c1-2-6(8-12-3-4-13-8)14-9(16)7-5-17-10(11)15-7/h3-6H,2H2,1H3,(H2,11,15)(H,12,13)(H,14,16). The normalized spacial score (nSPS) is 12.3. The molecule has 2 aromatic heterocycles. The van der Waals surface area contributed by atoms with Crippen LogP contribution in [0.15, 0.2) is 17.8 Å². The number of amides is 1. The van der Waals surface area contributed by atoms with Gasteiger partial charge in [0.2, 0.25) is 0 Å². The van der Waals surface area contributed by atoms with E-state index in [1.807, 2.05) is 6.92 Å². The molecule has 0 spiro atoms. The third-order valence-electron chi connectivity index (χ3n) is 2.32. The van der Waals surface area contributed by atoms with Crippen molar-refractivity contribution in [3.63, 3.8) is 0 Å². The Labute approximate surface area is 102 Å². The van der Waals surface area contributed by atoms with Gasteiger partial charge in [-0.1, -0.05) is 6.92 Å². The Morgan fingerprint density at radius 1 is 1.71 bits per heavy atom. The topological polar surface area (TPSA) is 96.7 Å². The molecule has 0 aliphatic carbocycles. The Kier molecular flexibility index (Phi) is 3.38. The minimum Gasteiger partial charge on any atom is -0.375 e. The number of carbonyl (C=O) groups excluding carboxylic acids is 1. The van der Waals surface area contributed by atoms with Gasteiger partial charge in [0, 0.05) is 17.8 Å². The maximum atomic E-state index is 11.9. The first-order chi connectivity index (χ1) is 8.20. The Morgan fingerprint density at radius 2 is 2.53 bits per heavy atom. The van der Waals surface area contributed by atoms with Crippen molar-refractivity contribution in [2.75, 3.05) is 5.73 Å². The molecule has 2 rings (SSSR count). The van der Waals surface area contributed by atoms with Gasteiger partial charge < -0.3 is 16.0 Å². The summed E-state index contributed by atoms with van der Waals surface area (Å²) in [6, 6.07) is -0.138. The van der Waals surface area contributed by atoms with Crippen LogP contribution in [-0.4, -0.2) is 20.9 Å². The van der Waals surface area contributed by atoms with Crippen LogP contribution in [0.4, 0.5) is 5.13 Å². The van der Waals surface area contributed by atoms with E-state index in [-0.39, 0.29) is 11.9 Å². The molecule has 0 fully saturated rings. The number of carbonyl (C=O) groups is 1. The monoisotopic (exact) mass is 251 g/mol. The lowest BCUT2D eigenvalue weighted by molar-refractivity contribution is 0.0929. The van der Waals surface area contributed by atoms with Crippen LogP contribution in [0.2, 0.25) is 0 Å². The molecule has 2 aromatic rings. The summed E-state index contributed by atoms with van der Waals surface area (Å²) in [5, 5.41) is 4.88. The third-order valence-corrected chi connectivity index (χ3v) is 2.99. The molecule has 0 aliphatic heterocycles. The fourth-order valence-electron chi connectivity index (χ4n) is 1.46. The highest BCUT2D eigenvalue weighted by molar-refractivity contribution is 7.13. The second-order valence-corrected chi connectivity index (χ2v) is 4.37. The number of nitrogens with zero attached hydrogens (tertiary/aromatic N) is 2. The molecular weight excluding hydrogens is 238 g/mol. The van der Waals surface area contributed by atoms with E-state index in [0.717, 1.165) is 12.2 Å². The molecule has 90 valence electrons. The molecule has 0 saturated carbocycles. The van der Waals surface area contributed by atoms with Crippen molar-refractivity contribution in [2.45, 2.75) is 19.4 Å². The van der Waals surface area contributed by atoms with Gasteiger partial charge in [0.25, 0.3) is 5.91 Å². The van der Waals surface area contributed by atoms with Crippen LogP contribution in [0.1, 0.15) is 35.7 Å². The summed E-state index contributed by atoms with van der Waals surface area (Å²) in [5.41, 5.74) is 5.83. The van der Waals surface area contributed by atoms with Crippen LogP contribution in [0.5, 0.6) is 0 Å². The van der Waals surface area contributed by atoms with Gasteiger partial charge in [0.05, 0.1) is 6.04 Å². The van der Waals surface area contributed by atoms with Gasteiger partial charge in [0.15, 0.2) is 5.13 Å². The second-order valence-electron chi connectivity index (χ2n) is 3.48. The number of hydrogen-bond donors (Lipinski definition) is 3. The molecule has 17 heavy (non-hydrogen) atoms. The minimum atomic E-state index is -0.235. The van der Waals surface area contributed by atoms with Gasteiger partial charge in [-0.3, -0.25) is 4.79 Å². The fourth-order valence-corrected chi connectivity index (χ4v) is 2.00. The van der Waals surface area contributed by atoms with Crippen LogP contribution >= 0.6 is 11.3 Å². The van der Waals surface area contributed by atoms with Gasteiger partial charge in [-0.15, -0.1) is 11.3 Å². The van der Waals surface area contributed by atoms with Crippen molar-refractivity contribution in [3.05, 3.63) is 29.3 Å². The van der Waals surface area contributed by atoms with Crippen molar-refractivity contribution in [1.29, 1.82) is 0 Å². The van der Waals surface area contributed by atoms with Gasteiger partial charge >= 0.3 is 0 Å². The Bertz CT molecular complexity index is 493. The zero-order chi connectivity index (χ0) is 12.3. The largest absolute Gasteiger partial charge is 0.375 e. The van der Waals surface area contributed by atoms with Gasteiger partial charge in [-0.25, -0.2) is 9.97 Å². The van der Waals surface area contributed by atoms with E-state index in [2.05, 4.69) is 20.3 Å². The van der Waals surface area contributed by atoms with E-state index < -0.39 is 0 Å². The lowest BCUT2D eigenvalue weighted by Gasteiger charge is -2.13. The molecule has 1 unspecified atom stereocenters. The van der Waals surface area contributed by atoms with E-state index in [1.165, 1.54) is 11.3 Å². The highest BCUT2D eigenvalue weighted by Gasteiger charge is 2.17. The number of aromatic nitrogens is 3.